The Morgan fingerprint density at radius 3 is 2.44 bits per heavy atom. The van der Waals surface area contributed by atoms with E-state index in [1.165, 1.54) is 0 Å². The van der Waals surface area contributed by atoms with Crippen LogP contribution in [0.25, 0.3) is 5.57 Å². The van der Waals surface area contributed by atoms with Crippen LogP contribution >= 0.6 is 0 Å². The lowest BCUT2D eigenvalue weighted by atomic mass is 10.1. The first-order valence-corrected chi connectivity index (χ1v) is 4.16. The van der Waals surface area contributed by atoms with Gasteiger partial charge in [-0.3, -0.25) is 4.98 Å². The number of methoxy groups -OCH3 is 1. The Bertz CT molecular complexity index is 426. The van der Waals surface area contributed by atoms with Gasteiger partial charge in [0, 0.05) is 18.0 Å². The van der Waals surface area contributed by atoms with Gasteiger partial charge in [0.2, 0.25) is 0 Å². The molecule has 0 unspecified atom stereocenters. The molecule has 0 aliphatic heterocycles. The number of allylic oxidation sites excluding steroid dienone is 1. The van der Waals surface area contributed by atoms with E-state index in [1.54, 1.807) is 0 Å². The molecule has 0 fully saturated rings. The quantitative estimate of drug-likeness (QED) is 0.734. The molecule has 0 saturated heterocycles. The Balaban J connectivity index is 3.09. The second kappa shape index (κ2) is 4.34. The summed E-state index contributed by atoms with van der Waals surface area (Å²) in [6.45, 7) is 2.91. The fraction of sp³-hybridized carbons (Fsp3) is 0.200. The Morgan fingerprint density at radius 2 is 1.94 bits per heavy atom. The smallest absolute Gasteiger partial charge is 0.416 e. The number of aromatic nitrogens is 1. The van der Waals surface area contributed by atoms with E-state index in [1.807, 2.05) is 0 Å². The van der Waals surface area contributed by atoms with Gasteiger partial charge in [0.25, 0.3) is 0 Å². The fourth-order valence-corrected chi connectivity index (χ4v) is 0.998. The van der Waals surface area contributed by atoms with Crippen LogP contribution in [0.15, 0.2) is 25.0 Å². The SMILES string of the molecule is C=C(c1cncc(C(=O)OC)c1)C(F)(F)F. The standard InChI is InChI=1S/C10H8F3NO2/c1-6(10(11,12)13)7-3-8(5-14-4-7)9(15)16-2/h3-5H,1H2,2H3. The molecule has 0 saturated carbocycles. The van der Waals surface area contributed by atoms with Gasteiger partial charge in [-0.05, 0) is 6.07 Å². The van der Waals surface area contributed by atoms with Crippen molar-refractivity contribution in [3.63, 3.8) is 0 Å². The van der Waals surface area contributed by atoms with Crippen LogP contribution in [0, 0.1) is 0 Å². The molecule has 0 amide bonds. The average molecular weight is 231 g/mol. The van der Waals surface area contributed by atoms with E-state index in [9.17, 15) is 18.0 Å². The van der Waals surface area contributed by atoms with E-state index in [0.29, 0.717) is 0 Å². The van der Waals surface area contributed by atoms with Crippen molar-refractivity contribution in [2.24, 2.45) is 0 Å². The third kappa shape index (κ3) is 2.59. The lowest BCUT2D eigenvalue weighted by Crippen LogP contribution is -2.11. The predicted molar refractivity (Wildman–Crippen MR) is 50.7 cm³/mol. The van der Waals surface area contributed by atoms with Crippen LogP contribution in [0.2, 0.25) is 0 Å². The summed E-state index contributed by atoms with van der Waals surface area (Å²) in [6.07, 6.45) is -2.43. The monoisotopic (exact) mass is 231 g/mol. The van der Waals surface area contributed by atoms with Crippen LogP contribution in [0.3, 0.4) is 0 Å². The number of carbonyl (C=O) groups is 1. The summed E-state index contributed by atoms with van der Waals surface area (Å²) >= 11 is 0. The summed E-state index contributed by atoms with van der Waals surface area (Å²) in [4.78, 5) is 14.6. The molecule has 6 heteroatoms. The second-order valence-electron chi connectivity index (χ2n) is 2.93. The number of pyridine rings is 1. The number of hydrogen-bond acceptors (Lipinski definition) is 3. The van der Waals surface area contributed by atoms with Gasteiger partial charge in [0.05, 0.1) is 18.2 Å². The number of rotatable bonds is 2. The second-order valence-corrected chi connectivity index (χ2v) is 2.93. The molecule has 86 valence electrons. The average Bonchev–Trinajstić information content (AvgIpc) is 2.26. The predicted octanol–water partition coefficient (Wildman–Crippen LogP) is 2.44. The Morgan fingerprint density at radius 1 is 1.38 bits per heavy atom. The lowest BCUT2D eigenvalue weighted by Gasteiger charge is -2.10. The third-order valence-corrected chi connectivity index (χ3v) is 1.85. The van der Waals surface area contributed by atoms with Crippen molar-refractivity contribution in [1.29, 1.82) is 0 Å². The zero-order chi connectivity index (χ0) is 12.3. The summed E-state index contributed by atoms with van der Waals surface area (Å²) in [5.41, 5.74) is -1.36. The molecule has 0 aromatic carbocycles. The summed E-state index contributed by atoms with van der Waals surface area (Å²) < 4.78 is 41.3. The maximum Gasteiger partial charge on any atom is 0.416 e. The first-order valence-electron chi connectivity index (χ1n) is 4.16. The molecule has 1 heterocycles. The minimum Gasteiger partial charge on any atom is -0.465 e. The Labute approximate surface area is 89.6 Å². The Hall–Kier alpha value is -1.85. The fourth-order valence-electron chi connectivity index (χ4n) is 0.998. The first-order chi connectivity index (χ1) is 7.36. The van der Waals surface area contributed by atoms with E-state index in [2.05, 4.69) is 16.3 Å². The molecule has 0 spiro atoms. The van der Waals surface area contributed by atoms with E-state index in [0.717, 1.165) is 25.6 Å². The van der Waals surface area contributed by atoms with Gasteiger partial charge < -0.3 is 4.74 Å². The van der Waals surface area contributed by atoms with Crippen molar-refractivity contribution >= 4 is 11.5 Å². The maximum absolute atomic E-state index is 12.3. The number of alkyl halides is 3. The van der Waals surface area contributed by atoms with E-state index in [4.69, 9.17) is 0 Å². The number of ether oxygens (including phenoxy) is 1. The topological polar surface area (TPSA) is 39.2 Å². The molecule has 0 aliphatic rings. The maximum atomic E-state index is 12.3. The van der Waals surface area contributed by atoms with Crippen molar-refractivity contribution in [3.8, 4) is 0 Å². The highest BCUT2D eigenvalue weighted by molar-refractivity contribution is 5.90. The van der Waals surface area contributed by atoms with Crippen molar-refractivity contribution in [2.75, 3.05) is 7.11 Å². The lowest BCUT2D eigenvalue weighted by molar-refractivity contribution is -0.0686. The summed E-state index contributed by atoms with van der Waals surface area (Å²) in [6, 6.07) is 1.04. The largest absolute Gasteiger partial charge is 0.465 e. The highest BCUT2D eigenvalue weighted by Gasteiger charge is 2.33. The van der Waals surface area contributed by atoms with Crippen molar-refractivity contribution in [1.82, 2.24) is 4.98 Å². The van der Waals surface area contributed by atoms with E-state index < -0.39 is 17.7 Å². The Kier molecular flexibility index (Phi) is 3.31. The van der Waals surface area contributed by atoms with Gasteiger partial charge in [-0.1, -0.05) is 6.58 Å². The highest BCUT2D eigenvalue weighted by atomic mass is 19.4. The zero-order valence-corrected chi connectivity index (χ0v) is 8.34. The number of halogens is 3. The summed E-state index contributed by atoms with van der Waals surface area (Å²) in [5.74, 6) is -0.746. The van der Waals surface area contributed by atoms with Crippen molar-refractivity contribution in [3.05, 3.63) is 36.2 Å². The molecular formula is C10H8F3NO2. The summed E-state index contributed by atoms with van der Waals surface area (Å²) in [5, 5.41) is 0. The first kappa shape index (κ1) is 12.2. The minimum absolute atomic E-state index is 0.0506. The van der Waals surface area contributed by atoms with Crippen molar-refractivity contribution in [2.45, 2.75) is 6.18 Å². The molecule has 1 aromatic heterocycles. The molecule has 0 atom stereocenters. The van der Waals surface area contributed by atoms with Crippen LogP contribution < -0.4 is 0 Å². The molecule has 0 radical (unpaired) electrons. The van der Waals surface area contributed by atoms with Crippen LogP contribution in [-0.2, 0) is 4.74 Å². The van der Waals surface area contributed by atoms with E-state index in [-0.39, 0.29) is 11.1 Å². The van der Waals surface area contributed by atoms with Gasteiger partial charge in [-0.2, -0.15) is 13.2 Å². The van der Waals surface area contributed by atoms with Crippen LogP contribution in [0.5, 0.6) is 0 Å². The van der Waals surface area contributed by atoms with Gasteiger partial charge >= 0.3 is 12.1 Å². The molecule has 1 aromatic rings. The van der Waals surface area contributed by atoms with Gasteiger partial charge in [-0.25, -0.2) is 4.79 Å². The van der Waals surface area contributed by atoms with Gasteiger partial charge in [0.1, 0.15) is 0 Å². The number of hydrogen-bond donors (Lipinski definition) is 0. The zero-order valence-electron chi connectivity index (χ0n) is 8.34. The summed E-state index contributed by atoms with van der Waals surface area (Å²) in [7, 11) is 1.13. The third-order valence-electron chi connectivity index (χ3n) is 1.85. The normalized spacial score (nSPS) is 11.0. The highest BCUT2D eigenvalue weighted by Crippen LogP contribution is 2.31. The van der Waals surface area contributed by atoms with E-state index >= 15 is 0 Å². The molecule has 3 nitrogen and oxygen atoms in total. The molecular weight excluding hydrogens is 223 g/mol. The molecule has 0 N–H and O–H groups in total. The molecule has 16 heavy (non-hydrogen) atoms. The van der Waals surface area contributed by atoms with Crippen LogP contribution in [0.1, 0.15) is 15.9 Å². The molecule has 1 rings (SSSR count). The van der Waals surface area contributed by atoms with Crippen LogP contribution in [-0.4, -0.2) is 24.2 Å². The minimum atomic E-state index is -4.55. The molecule has 0 aliphatic carbocycles. The molecule has 0 bridgehead atoms. The number of carbonyl (C=O) groups excluding carboxylic acids is 1. The van der Waals surface area contributed by atoms with Gasteiger partial charge in [-0.15, -0.1) is 0 Å². The number of esters is 1. The van der Waals surface area contributed by atoms with Crippen LogP contribution in [0.4, 0.5) is 13.2 Å². The number of nitrogens with zero attached hydrogens (tertiary/aromatic N) is 1. The van der Waals surface area contributed by atoms with Gasteiger partial charge in [0.15, 0.2) is 0 Å². The van der Waals surface area contributed by atoms with Crippen molar-refractivity contribution < 1.29 is 22.7 Å².